The standard InChI is InChI=1S/C33H34Cl2FNO7S/c1-45(41,42)28-16-25(35)5-2-21(28)17-37-31(40)26-14-22(30(39)20-8-12-43-13-9-20)15-27(36)29(26)33(37,23-3-6-24(34)7-4-23)44-19-32(18-38)10-11-32/h2-7,14-16,20,30,38-39H,8-13,17-19H2,1H3/t30-,33-/m1/s1. The normalized spacial score (nSPS) is 22.0. The van der Waals surface area contributed by atoms with Crippen molar-refractivity contribution in [1.82, 2.24) is 4.90 Å². The molecule has 45 heavy (non-hydrogen) atoms. The van der Waals surface area contributed by atoms with Gasteiger partial charge in [-0.05, 0) is 79.1 Å². The van der Waals surface area contributed by atoms with E-state index in [0.717, 1.165) is 6.26 Å². The Morgan fingerprint density at radius 3 is 2.36 bits per heavy atom. The van der Waals surface area contributed by atoms with E-state index in [1.54, 1.807) is 24.3 Å². The van der Waals surface area contributed by atoms with Gasteiger partial charge in [0.05, 0.1) is 41.9 Å². The third-order valence-electron chi connectivity index (χ3n) is 9.23. The van der Waals surface area contributed by atoms with Crippen LogP contribution >= 0.6 is 23.2 Å². The SMILES string of the molecule is CS(=O)(=O)c1cc(Cl)ccc1CN1C(=O)c2cc([C@H](O)C3CCOCC3)cc(F)c2[C@]1(OCC1(CO)CC1)c1ccc(Cl)cc1. The van der Waals surface area contributed by atoms with Crippen LogP contribution in [0.4, 0.5) is 4.39 Å². The minimum absolute atomic E-state index is 0.000782. The van der Waals surface area contributed by atoms with E-state index in [9.17, 15) is 23.4 Å². The monoisotopic (exact) mass is 677 g/mol. The molecule has 0 spiro atoms. The molecule has 0 bridgehead atoms. The summed E-state index contributed by atoms with van der Waals surface area (Å²) in [6.07, 6.45) is 2.58. The molecule has 3 aliphatic rings. The number of fused-ring (bicyclic) bond motifs is 1. The Kier molecular flexibility index (Phi) is 8.79. The van der Waals surface area contributed by atoms with Gasteiger partial charge in [0, 0.05) is 40.5 Å². The highest BCUT2D eigenvalue weighted by atomic mass is 35.5. The van der Waals surface area contributed by atoms with Crippen LogP contribution in [0.5, 0.6) is 0 Å². The van der Waals surface area contributed by atoms with Crippen molar-refractivity contribution < 1.29 is 37.3 Å². The van der Waals surface area contributed by atoms with Crippen molar-refractivity contribution in [1.29, 1.82) is 0 Å². The number of amides is 1. The van der Waals surface area contributed by atoms with Crippen LogP contribution in [0, 0.1) is 17.2 Å². The topological polar surface area (TPSA) is 113 Å². The molecular formula is C33H34Cl2FNO7S. The largest absolute Gasteiger partial charge is 0.396 e. The number of nitrogens with zero attached hydrogens (tertiary/aromatic N) is 1. The fourth-order valence-electron chi connectivity index (χ4n) is 6.39. The lowest BCUT2D eigenvalue weighted by molar-refractivity contribution is -0.130. The van der Waals surface area contributed by atoms with Gasteiger partial charge < -0.3 is 19.7 Å². The van der Waals surface area contributed by atoms with Gasteiger partial charge in [-0.1, -0.05) is 41.4 Å². The Labute approximate surface area is 271 Å². The number of ether oxygens (including phenoxy) is 2. The van der Waals surface area contributed by atoms with Crippen LogP contribution in [0.1, 0.15) is 64.4 Å². The number of aliphatic hydroxyl groups is 2. The first-order valence-corrected chi connectivity index (χ1v) is 17.4. The van der Waals surface area contributed by atoms with Crippen molar-refractivity contribution in [2.45, 2.75) is 49.0 Å². The molecule has 1 aliphatic carbocycles. The number of sulfone groups is 1. The number of hydrogen-bond acceptors (Lipinski definition) is 7. The molecule has 1 amide bonds. The van der Waals surface area contributed by atoms with Crippen molar-refractivity contribution in [2.24, 2.45) is 11.3 Å². The first kappa shape index (κ1) is 32.4. The summed E-state index contributed by atoms with van der Waals surface area (Å²) >= 11 is 12.4. The summed E-state index contributed by atoms with van der Waals surface area (Å²) in [5, 5.41) is 22.0. The number of carbonyl (C=O) groups is 1. The minimum atomic E-state index is -3.79. The number of aliphatic hydroxyl groups excluding tert-OH is 2. The fourth-order valence-corrected chi connectivity index (χ4v) is 7.70. The van der Waals surface area contributed by atoms with Gasteiger partial charge in [-0.3, -0.25) is 9.69 Å². The van der Waals surface area contributed by atoms with Crippen molar-refractivity contribution in [3.05, 3.63) is 98.3 Å². The van der Waals surface area contributed by atoms with Crippen molar-refractivity contribution in [3.8, 4) is 0 Å². The smallest absolute Gasteiger partial charge is 0.257 e. The first-order chi connectivity index (χ1) is 21.4. The van der Waals surface area contributed by atoms with E-state index < -0.39 is 38.8 Å². The Hall–Kier alpha value is -2.57. The summed E-state index contributed by atoms with van der Waals surface area (Å²) in [4.78, 5) is 15.8. The van der Waals surface area contributed by atoms with Crippen LogP contribution in [-0.2, 0) is 31.6 Å². The molecule has 1 saturated heterocycles. The maximum atomic E-state index is 16.7. The fraction of sp³-hybridized carbons (Fsp3) is 0.424. The number of benzene rings is 3. The number of hydrogen-bond donors (Lipinski definition) is 2. The maximum absolute atomic E-state index is 16.7. The molecule has 3 aromatic carbocycles. The molecule has 0 unspecified atom stereocenters. The van der Waals surface area contributed by atoms with E-state index in [1.807, 2.05) is 0 Å². The number of rotatable bonds is 10. The van der Waals surface area contributed by atoms with E-state index >= 15 is 4.39 Å². The van der Waals surface area contributed by atoms with Gasteiger partial charge in [-0.2, -0.15) is 0 Å². The van der Waals surface area contributed by atoms with Gasteiger partial charge >= 0.3 is 0 Å². The predicted molar refractivity (Wildman–Crippen MR) is 166 cm³/mol. The Balaban J connectivity index is 1.55. The summed E-state index contributed by atoms with van der Waals surface area (Å²) in [6, 6.07) is 13.6. The van der Waals surface area contributed by atoms with Gasteiger partial charge in [0.2, 0.25) is 0 Å². The zero-order valence-electron chi connectivity index (χ0n) is 24.6. The molecule has 2 atom stereocenters. The van der Waals surface area contributed by atoms with Gasteiger partial charge in [0.1, 0.15) is 5.82 Å². The lowest BCUT2D eigenvalue weighted by atomic mass is 9.86. The molecule has 6 rings (SSSR count). The van der Waals surface area contributed by atoms with Gasteiger partial charge in [-0.25, -0.2) is 12.8 Å². The van der Waals surface area contributed by atoms with Crippen LogP contribution in [0.25, 0.3) is 0 Å². The molecule has 2 heterocycles. The average molecular weight is 679 g/mol. The van der Waals surface area contributed by atoms with Crippen molar-refractivity contribution >= 4 is 38.9 Å². The first-order valence-electron chi connectivity index (χ1n) is 14.8. The molecule has 1 saturated carbocycles. The molecule has 2 fully saturated rings. The highest BCUT2D eigenvalue weighted by Gasteiger charge is 2.56. The number of halogens is 3. The van der Waals surface area contributed by atoms with Crippen molar-refractivity contribution in [2.75, 3.05) is 32.7 Å². The summed E-state index contributed by atoms with van der Waals surface area (Å²) in [5.74, 6) is -1.54. The number of carbonyl (C=O) groups excluding carboxylic acids is 1. The van der Waals surface area contributed by atoms with E-state index in [2.05, 4.69) is 0 Å². The second-order valence-electron chi connectivity index (χ2n) is 12.3. The molecule has 8 nitrogen and oxygen atoms in total. The van der Waals surface area contributed by atoms with E-state index in [4.69, 9.17) is 32.7 Å². The summed E-state index contributed by atoms with van der Waals surface area (Å²) in [5.41, 5.74) is -1.56. The highest BCUT2D eigenvalue weighted by molar-refractivity contribution is 7.90. The molecule has 3 aromatic rings. The molecule has 0 radical (unpaired) electrons. The molecule has 0 aromatic heterocycles. The quantitative estimate of drug-likeness (QED) is 0.285. The van der Waals surface area contributed by atoms with Crippen LogP contribution in [0.3, 0.4) is 0 Å². The molecule has 2 N–H and O–H groups in total. The minimum Gasteiger partial charge on any atom is -0.396 e. The van der Waals surface area contributed by atoms with Gasteiger partial charge in [-0.15, -0.1) is 0 Å². The molecule has 2 aliphatic heterocycles. The van der Waals surface area contributed by atoms with Crippen LogP contribution in [-0.4, -0.2) is 62.1 Å². The average Bonchev–Trinajstić information content (AvgIpc) is 3.77. The lowest BCUT2D eigenvalue weighted by Crippen LogP contribution is -2.48. The molecule has 12 heteroatoms. The molecular weight excluding hydrogens is 644 g/mol. The summed E-state index contributed by atoms with van der Waals surface area (Å²) in [6.45, 7) is 0.524. The highest BCUT2D eigenvalue weighted by Crippen LogP contribution is 2.52. The van der Waals surface area contributed by atoms with Crippen LogP contribution in [0.15, 0.2) is 59.5 Å². The van der Waals surface area contributed by atoms with Crippen LogP contribution in [0.2, 0.25) is 10.0 Å². The van der Waals surface area contributed by atoms with E-state index in [-0.39, 0.29) is 57.8 Å². The Morgan fingerprint density at radius 1 is 1.07 bits per heavy atom. The maximum Gasteiger partial charge on any atom is 0.257 e. The third-order valence-corrected chi connectivity index (χ3v) is 10.9. The lowest BCUT2D eigenvalue weighted by Gasteiger charge is -2.40. The van der Waals surface area contributed by atoms with Gasteiger partial charge in [0.25, 0.3) is 5.91 Å². The summed E-state index contributed by atoms with van der Waals surface area (Å²) < 4.78 is 54.5. The zero-order valence-corrected chi connectivity index (χ0v) is 27.0. The Bertz CT molecular complexity index is 1730. The van der Waals surface area contributed by atoms with Gasteiger partial charge in [0.15, 0.2) is 15.6 Å². The summed E-state index contributed by atoms with van der Waals surface area (Å²) in [7, 11) is -3.79. The van der Waals surface area contributed by atoms with Crippen LogP contribution < -0.4 is 0 Å². The molecule has 240 valence electrons. The van der Waals surface area contributed by atoms with E-state index in [0.29, 0.717) is 49.5 Å². The second kappa shape index (κ2) is 12.2. The Morgan fingerprint density at radius 2 is 1.73 bits per heavy atom. The van der Waals surface area contributed by atoms with E-state index in [1.165, 1.54) is 35.2 Å². The third kappa shape index (κ3) is 6.02. The second-order valence-corrected chi connectivity index (χ2v) is 15.2. The predicted octanol–water partition coefficient (Wildman–Crippen LogP) is 5.64. The van der Waals surface area contributed by atoms with Crippen molar-refractivity contribution in [3.63, 3.8) is 0 Å². The zero-order chi connectivity index (χ0) is 32.1.